The highest BCUT2D eigenvalue weighted by atomic mass is 16.2. The lowest BCUT2D eigenvalue weighted by molar-refractivity contribution is -0.853. The van der Waals surface area contributed by atoms with Gasteiger partial charge in [0, 0.05) is 0 Å². The molecule has 0 rings (SSSR count). The number of quaternary nitrogens is 1. The van der Waals surface area contributed by atoms with Crippen molar-refractivity contribution in [1.29, 1.82) is 0 Å². The van der Waals surface area contributed by atoms with Crippen LogP contribution in [0.4, 0.5) is 4.79 Å². The molecule has 0 aliphatic carbocycles. The molecule has 42 valence electrons. The largest absolute Gasteiger partial charge is 0.452 e. The summed E-state index contributed by atoms with van der Waals surface area (Å²) in [4.78, 5) is 9.97. The predicted molar refractivity (Wildman–Crippen MR) is 24.1 cm³/mol. The number of hydrogen-bond acceptors (Lipinski definition) is 3. The molecule has 0 aliphatic heterocycles. The summed E-state index contributed by atoms with van der Waals surface area (Å²) < 4.78 is -0.806. The summed E-state index contributed by atoms with van der Waals surface area (Å²) in [5.41, 5.74) is 4.65. The van der Waals surface area contributed by atoms with Gasteiger partial charge in [-0.3, -0.25) is 0 Å². The molecule has 0 unspecified atom stereocenters. The summed E-state index contributed by atoms with van der Waals surface area (Å²) in [6.45, 7) is 0. The molecule has 5 heteroatoms. The highest BCUT2D eigenvalue weighted by Gasteiger charge is 2.17. The van der Waals surface area contributed by atoms with Gasteiger partial charge >= 0.3 is 6.03 Å². The Bertz CT molecular complexity index is 82.2. The Morgan fingerprint density at radius 3 is 1.71 bits per heavy atom. The van der Waals surface area contributed by atoms with E-state index in [-0.39, 0.29) is 0 Å². The van der Waals surface area contributed by atoms with Gasteiger partial charge in [-0.1, -0.05) is 4.70 Å². The Hall–Kier alpha value is -0.650. The van der Waals surface area contributed by atoms with Crippen LogP contribution < -0.4 is 17.4 Å². The molecule has 5 nitrogen and oxygen atoms in total. The second kappa shape index (κ2) is 1.45. The zero-order valence-corrected chi connectivity index (χ0v) is 4.09. The van der Waals surface area contributed by atoms with E-state index in [0.29, 0.717) is 0 Å². The maximum absolute atomic E-state index is 9.97. The standard InChI is InChI=1S/C2H8N4O/c1-6(4,5)2(3)7/h4-5H2,1H3,(H-,3,7)/p+1. The Morgan fingerprint density at radius 1 is 1.57 bits per heavy atom. The molecule has 0 aliphatic rings. The fourth-order valence-corrected chi connectivity index (χ4v) is 0. The molecule has 2 amide bonds. The van der Waals surface area contributed by atoms with Gasteiger partial charge < -0.3 is 5.73 Å². The van der Waals surface area contributed by atoms with Crippen molar-refractivity contribution in [3.05, 3.63) is 0 Å². The molecular formula is C2H9N4O+. The quantitative estimate of drug-likeness (QED) is 0.148. The third kappa shape index (κ3) is 2.10. The minimum absolute atomic E-state index is 0.764. The monoisotopic (exact) mass is 105 g/mol. The summed E-state index contributed by atoms with van der Waals surface area (Å²) >= 11 is 0. The van der Waals surface area contributed by atoms with Gasteiger partial charge in [-0.2, -0.15) is 11.7 Å². The number of nitrogens with zero attached hydrogens (tertiary/aromatic N) is 1. The highest BCUT2D eigenvalue weighted by molar-refractivity contribution is 5.63. The molecule has 7 heavy (non-hydrogen) atoms. The molecule has 0 saturated heterocycles. The van der Waals surface area contributed by atoms with Crippen LogP contribution in [0.15, 0.2) is 0 Å². The molecule has 0 aromatic heterocycles. The number of carbonyl (C=O) groups excluding carboxylic acids is 1. The summed E-state index contributed by atoms with van der Waals surface area (Å²) in [6.07, 6.45) is 0. The topological polar surface area (TPSA) is 95.1 Å². The van der Waals surface area contributed by atoms with Gasteiger partial charge in [0.05, 0.1) is 0 Å². The Labute approximate surface area is 41.2 Å². The minimum Gasteiger partial charge on any atom is -0.316 e. The van der Waals surface area contributed by atoms with E-state index in [2.05, 4.69) is 5.73 Å². The molecule has 0 bridgehead atoms. The number of amides is 2. The van der Waals surface area contributed by atoms with Crippen LogP contribution in [0.3, 0.4) is 0 Å². The van der Waals surface area contributed by atoms with E-state index in [1.807, 2.05) is 0 Å². The molecule has 0 heterocycles. The van der Waals surface area contributed by atoms with Crippen LogP contribution in [-0.4, -0.2) is 17.8 Å². The highest BCUT2D eigenvalue weighted by Crippen LogP contribution is 1.72. The summed E-state index contributed by atoms with van der Waals surface area (Å²) in [7, 11) is 1.28. The molecular weight excluding hydrogens is 96.0 g/mol. The zero-order valence-electron chi connectivity index (χ0n) is 4.09. The van der Waals surface area contributed by atoms with E-state index < -0.39 is 10.7 Å². The van der Waals surface area contributed by atoms with Crippen molar-refractivity contribution in [2.24, 2.45) is 17.4 Å². The lowest BCUT2D eigenvalue weighted by Crippen LogP contribution is -2.63. The van der Waals surface area contributed by atoms with Gasteiger partial charge in [-0.05, 0) is 0 Å². The van der Waals surface area contributed by atoms with Gasteiger partial charge in [0.25, 0.3) is 0 Å². The van der Waals surface area contributed by atoms with Crippen molar-refractivity contribution >= 4 is 6.03 Å². The Kier molecular flexibility index (Phi) is 1.32. The van der Waals surface area contributed by atoms with E-state index in [0.717, 1.165) is 0 Å². The minimum atomic E-state index is -0.806. The Morgan fingerprint density at radius 2 is 1.71 bits per heavy atom. The van der Waals surface area contributed by atoms with Crippen LogP contribution in [0.25, 0.3) is 0 Å². The van der Waals surface area contributed by atoms with E-state index in [1.165, 1.54) is 7.05 Å². The molecule has 0 aromatic rings. The first kappa shape index (κ1) is 6.35. The molecule has 0 saturated carbocycles. The van der Waals surface area contributed by atoms with Crippen LogP contribution in [-0.2, 0) is 0 Å². The van der Waals surface area contributed by atoms with Crippen molar-refractivity contribution < 1.29 is 9.50 Å². The molecule has 0 atom stereocenters. The summed E-state index contributed by atoms with van der Waals surface area (Å²) in [5, 5.41) is 0. The third-order valence-corrected chi connectivity index (χ3v) is 0.475. The normalized spacial score (nSPS) is 11.3. The van der Waals surface area contributed by atoms with Crippen molar-refractivity contribution in [2.45, 2.75) is 0 Å². The van der Waals surface area contributed by atoms with E-state index in [1.54, 1.807) is 0 Å². The first-order chi connectivity index (χ1) is 2.94. The van der Waals surface area contributed by atoms with E-state index in [9.17, 15) is 4.79 Å². The van der Waals surface area contributed by atoms with Crippen LogP contribution in [0.5, 0.6) is 0 Å². The second-order valence-electron chi connectivity index (χ2n) is 1.49. The summed E-state index contributed by atoms with van der Waals surface area (Å²) in [5.74, 6) is 9.84. The number of carbonyl (C=O) groups is 1. The van der Waals surface area contributed by atoms with Crippen LogP contribution in [0.1, 0.15) is 0 Å². The molecule has 0 fully saturated rings. The van der Waals surface area contributed by atoms with Crippen molar-refractivity contribution in [3.63, 3.8) is 0 Å². The average Bonchev–Trinajstić information content (AvgIpc) is 1.31. The van der Waals surface area contributed by atoms with E-state index in [4.69, 9.17) is 11.7 Å². The number of urea groups is 1. The number of nitrogens with two attached hydrogens (primary N) is 3. The first-order valence-corrected chi connectivity index (χ1v) is 1.68. The smallest absolute Gasteiger partial charge is 0.316 e. The van der Waals surface area contributed by atoms with Gasteiger partial charge in [0.15, 0.2) is 0 Å². The van der Waals surface area contributed by atoms with Gasteiger partial charge in [0.1, 0.15) is 7.05 Å². The van der Waals surface area contributed by atoms with Crippen molar-refractivity contribution in [1.82, 2.24) is 0 Å². The van der Waals surface area contributed by atoms with Crippen molar-refractivity contribution in [3.8, 4) is 0 Å². The first-order valence-electron chi connectivity index (χ1n) is 1.68. The lowest BCUT2D eigenvalue weighted by Gasteiger charge is -2.12. The van der Waals surface area contributed by atoms with E-state index >= 15 is 0 Å². The maximum Gasteiger partial charge on any atom is 0.452 e. The number of rotatable bonds is 0. The fraction of sp³-hybridized carbons (Fsp3) is 0.500. The van der Waals surface area contributed by atoms with Crippen molar-refractivity contribution in [2.75, 3.05) is 7.05 Å². The molecule has 0 spiro atoms. The number of primary amides is 1. The molecule has 0 radical (unpaired) electrons. The average molecular weight is 105 g/mol. The molecule has 6 N–H and O–H groups in total. The van der Waals surface area contributed by atoms with Crippen LogP contribution in [0.2, 0.25) is 0 Å². The van der Waals surface area contributed by atoms with Gasteiger partial charge in [-0.25, -0.2) is 4.79 Å². The second-order valence-corrected chi connectivity index (χ2v) is 1.49. The van der Waals surface area contributed by atoms with Gasteiger partial charge in [-0.15, -0.1) is 0 Å². The predicted octanol–water partition coefficient (Wildman–Crippen LogP) is -1.74. The van der Waals surface area contributed by atoms with Crippen LogP contribution in [0, 0.1) is 0 Å². The third-order valence-electron chi connectivity index (χ3n) is 0.475. The maximum atomic E-state index is 9.97. The molecule has 0 aromatic carbocycles. The SMILES string of the molecule is C[N+](N)(N)C(N)=O. The lowest BCUT2D eigenvalue weighted by atomic mass is 10.9. The Balaban J connectivity index is 3.79. The fourth-order valence-electron chi connectivity index (χ4n) is 0. The van der Waals surface area contributed by atoms with Crippen LogP contribution >= 0.6 is 0 Å². The zero-order chi connectivity index (χ0) is 6.08. The number of hydrogen-bond donors (Lipinski definition) is 3. The summed E-state index contributed by atoms with van der Waals surface area (Å²) in [6, 6.07) is -0.764. The van der Waals surface area contributed by atoms with Gasteiger partial charge in [0.2, 0.25) is 0 Å².